The Labute approximate surface area is 115 Å². The van der Waals surface area contributed by atoms with Crippen molar-refractivity contribution >= 4 is 11.6 Å². The highest BCUT2D eigenvalue weighted by Gasteiger charge is 2.20. The van der Waals surface area contributed by atoms with Crippen LogP contribution in [0.3, 0.4) is 0 Å². The molecular formula is C16H24N2O. The van der Waals surface area contributed by atoms with Gasteiger partial charge in [-0.2, -0.15) is 0 Å². The Morgan fingerprint density at radius 3 is 2.95 bits per heavy atom. The number of hydrogen-bond donors (Lipinski definition) is 1. The van der Waals surface area contributed by atoms with Gasteiger partial charge in [0.25, 0.3) is 0 Å². The number of amides is 1. The van der Waals surface area contributed by atoms with E-state index >= 15 is 0 Å². The van der Waals surface area contributed by atoms with Crippen molar-refractivity contribution in [2.24, 2.45) is 5.73 Å². The van der Waals surface area contributed by atoms with Crippen molar-refractivity contribution in [3.05, 3.63) is 29.3 Å². The molecule has 0 fully saturated rings. The molecule has 0 spiro atoms. The van der Waals surface area contributed by atoms with Crippen LogP contribution in [-0.4, -0.2) is 18.5 Å². The van der Waals surface area contributed by atoms with Gasteiger partial charge in [0, 0.05) is 25.2 Å². The Bertz CT molecular complexity index is 456. The molecule has 104 valence electrons. The second-order valence-electron chi connectivity index (χ2n) is 5.49. The van der Waals surface area contributed by atoms with Crippen LogP contribution in [-0.2, 0) is 17.6 Å². The van der Waals surface area contributed by atoms with Gasteiger partial charge in [-0.3, -0.25) is 4.79 Å². The maximum atomic E-state index is 11.6. The minimum atomic E-state index is 0.136. The molecule has 3 nitrogen and oxygen atoms in total. The van der Waals surface area contributed by atoms with Crippen LogP contribution in [0.2, 0.25) is 0 Å². The normalized spacial score (nSPS) is 16.1. The number of hydrogen-bond acceptors (Lipinski definition) is 2. The zero-order chi connectivity index (χ0) is 13.8. The molecule has 0 radical (unpaired) electrons. The number of nitrogens with zero attached hydrogens (tertiary/aromatic N) is 1. The average Bonchev–Trinajstić information content (AvgIpc) is 2.37. The molecule has 1 unspecified atom stereocenters. The molecule has 3 heteroatoms. The Balaban J connectivity index is 2.17. The summed E-state index contributed by atoms with van der Waals surface area (Å²) >= 11 is 0. The predicted octanol–water partition coefficient (Wildman–Crippen LogP) is 2.66. The molecule has 0 aromatic heterocycles. The number of benzene rings is 1. The summed E-state index contributed by atoms with van der Waals surface area (Å²) in [5.74, 6) is 0.136. The first-order chi connectivity index (χ1) is 9.11. The summed E-state index contributed by atoms with van der Waals surface area (Å²) in [6, 6.07) is 6.69. The molecule has 1 aliphatic heterocycles. The topological polar surface area (TPSA) is 46.3 Å². The number of anilines is 1. The van der Waals surface area contributed by atoms with Gasteiger partial charge in [-0.05, 0) is 42.9 Å². The number of nitrogens with two attached hydrogens (primary N) is 1. The third-order valence-corrected chi connectivity index (χ3v) is 3.80. The van der Waals surface area contributed by atoms with E-state index in [0.717, 1.165) is 44.3 Å². The van der Waals surface area contributed by atoms with Gasteiger partial charge in [-0.25, -0.2) is 0 Å². The molecule has 0 saturated heterocycles. The van der Waals surface area contributed by atoms with E-state index in [1.54, 1.807) is 6.92 Å². The zero-order valence-corrected chi connectivity index (χ0v) is 12.0. The lowest BCUT2D eigenvalue weighted by Gasteiger charge is -2.29. The highest BCUT2D eigenvalue weighted by atomic mass is 16.2. The van der Waals surface area contributed by atoms with E-state index in [4.69, 9.17) is 5.73 Å². The largest absolute Gasteiger partial charge is 0.327 e. The van der Waals surface area contributed by atoms with Gasteiger partial charge in [0.2, 0.25) is 5.91 Å². The van der Waals surface area contributed by atoms with Gasteiger partial charge >= 0.3 is 0 Å². The first kappa shape index (κ1) is 14.1. The highest BCUT2D eigenvalue weighted by molar-refractivity contribution is 5.92. The van der Waals surface area contributed by atoms with E-state index in [2.05, 4.69) is 25.1 Å². The molecule has 19 heavy (non-hydrogen) atoms. The molecule has 0 aliphatic carbocycles. The Morgan fingerprint density at radius 1 is 1.47 bits per heavy atom. The zero-order valence-electron chi connectivity index (χ0n) is 12.0. The standard InChI is InChI=1S/C16H24N2O/c1-3-5-15(17)11-13-7-8-16-14(10-13)6-4-9-18(16)12(2)19/h7-8,10,15H,3-6,9,11,17H2,1-2H3. The Kier molecular flexibility index (Phi) is 4.59. The minimum Gasteiger partial charge on any atom is -0.327 e. The van der Waals surface area contributed by atoms with Crippen LogP contribution < -0.4 is 10.6 Å². The lowest BCUT2D eigenvalue weighted by molar-refractivity contribution is -0.116. The third-order valence-electron chi connectivity index (χ3n) is 3.80. The summed E-state index contributed by atoms with van der Waals surface area (Å²) in [6.45, 7) is 4.65. The molecule has 2 rings (SSSR count). The van der Waals surface area contributed by atoms with Crippen molar-refractivity contribution in [3.8, 4) is 0 Å². The number of rotatable bonds is 4. The van der Waals surface area contributed by atoms with Crippen LogP contribution in [0.1, 0.15) is 44.2 Å². The summed E-state index contributed by atoms with van der Waals surface area (Å²) in [7, 11) is 0. The van der Waals surface area contributed by atoms with Crippen LogP contribution in [0.5, 0.6) is 0 Å². The fraction of sp³-hybridized carbons (Fsp3) is 0.562. The molecule has 1 aromatic rings. The smallest absolute Gasteiger partial charge is 0.223 e. The van der Waals surface area contributed by atoms with Crippen LogP contribution in [0.25, 0.3) is 0 Å². The van der Waals surface area contributed by atoms with Crippen molar-refractivity contribution in [2.45, 2.75) is 52.0 Å². The summed E-state index contributed by atoms with van der Waals surface area (Å²) in [6.07, 6.45) is 5.25. The Morgan fingerprint density at radius 2 is 2.26 bits per heavy atom. The lowest BCUT2D eigenvalue weighted by Crippen LogP contribution is -2.33. The summed E-state index contributed by atoms with van der Waals surface area (Å²) in [5.41, 5.74) is 9.78. The maximum absolute atomic E-state index is 11.6. The molecule has 2 N–H and O–H groups in total. The SMILES string of the molecule is CCCC(N)Cc1ccc2c(c1)CCCN2C(C)=O. The first-order valence-electron chi connectivity index (χ1n) is 7.27. The molecule has 1 atom stereocenters. The van der Waals surface area contributed by atoms with Crippen molar-refractivity contribution in [1.82, 2.24) is 0 Å². The van der Waals surface area contributed by atoms with Gasteiger partial charge in [0.15, 0.2) is 0 Å². The number of fused-ring (bicyclic) bond motifs is 1. The van der Waals surface area contributed by atoms with E-state index in [-0.39, 0.29) is 11.9 Å². The third kappa shape index (κ3) is 3.35. The minimum absolute atomic E-state index is 0.136. The van der Waals surface area contributed by atoms with E-state index < -0.39 is 0 Å². The average molecular weight is 260 g/mol. The highest BCUT2D eigenvalue weighted by Crippen LogP contribution is 2.28. The van der Waals surface area contributed by atoms with Crippen molar-refractivity contribution in [3.63, 3.8) is 0 Å². The van der Waals surface area contributed by atoms with Crippen LogP contribution in [0, 0.1) is 0 Å². The van der Waals surface area contributed by atoms with Crippen LogP contribution in [0.4, 0.5) is 5.69 Å². The van der Waals surface area contributed by atoms with Crippen molar-refractivity contribution in [2.75, 3.05) is 11.4 Å². The van der Waals surface area contributed by atoms with Gasteiger partial charge in [-0.1, -0.05) is 25.5 Å². The van der Waals surface area contributed by atoms with Gasteiger partial charge in [0.05, 0.1) is 0 Å². The van der Waals surface area contributed by atoms with Crippen molar-refractivity contribution in [1.29, 1.82) is 0 Å². The van der Waals surface area contributed by atoms with E-state index in [1.807, 2.05) is 4.90 Å². The molecule has 0 saturated carbocycles. The molecule has 0 bridgehead atoms. The Hall–Kier alpha value is -1.35. The first-order valence-corrected chi connectivity index (χ1v) is 7.27. The van der Waals surface area contributed by atoms with E-state index in [9.17, 15) is 4.79 Å². The molecule has 1 heterocycles. The second kappa shape index (κ2) is 6.20. The number of carbonyl (C=O) groups excluding carboxylic acids is 1. The van der Waals surface area contributed by atoms with E-state index in [0.29, 0.717) is 0 Å². The van der Waals surface area contributed by atoms with Crippen LogP contribution >= 0.6 is 0 Å². The lowest BCUT2D eigenvalue weighted by atomic mass is 9.95. The fourth-order valence-corrected chi connectivity index (χ4v) is 2.88. The number of aryl methyl sites for hydroxylation is 1. The predicted molar refractivity (Wildman–Crippen MR) is 79.4 cm³/mol. The van der Waals surface area contributed by atoms with Crippen LogP contribution in [0.15, 0.2) is 18.2 Å². The molecule has 1 amide bonds. The quantitative estimate of drug-likeness (QED) is 0.904. The molecule has 1 aromatic carbocycles. The van der Waals surface area contributed by atoms with Gasteiger partial charge in [-0.15, -0.1) is 0 Å². The fourth-order valence-electron chi connectivity index (χ4n) is 2.88. The monoisotopic (exact) mass is 260 g/mol. The van der Waals surface area contributed by atoms with Crippen molar-refractivity contribution < 1.29 is 4.79 Å². The maximum Gasteiger partial charge on any atom is 0.223 e. The summed E-state index contributed by atoms with van der Waals surface area (Å²) < 4.78 is 0. The summed E-state index contributed by atoms with van der Waals surface area (Å²) in [5, 5.41) is 0. The summed E-state index contributed by atoms with van der Waals surface area (Å²) in [4.78, 5) is 13.5. The number of carbonyl (C=O) groups is 1. The molecule has 1 aliphatic rings. The van der Waals surface area contributed by atoms with Gasteiger partial charge < -0.3 is 10.6 Å². The molecular weight excluding hydrogens is 236 g/mol. The van der Waals surface area contributed by atoms with E-state index in [1.165, 1.54) is 11.1 Å². The second-order valence-corrected chi connectivity index (χ2v) is 5.49. The van der Waals surface area contributed by atoms with Gasteiger partial charge in [0.1, 0.15) is 0 Å².